The topological polar surface area (TPSA) is 88.6 Å². The molecule has 0 saturated carbocycles. The van der Waals surface area contributed by atoms with Crippen LogP contribution in [0.15, 0.2) is 18.6 Å². The number of hydrogen-bond donors (Lipinski definition) is 2. The summed E-state index contributed by atoms with van der Waals surface area (Å²) in [6.07, 6.45) is 3.94. The molecule has 22 heavy (non-hydrogen) atoms. The van der Waals surface area contributed by atoms with Crippen molar-refractivity contribution in [3.05, 3.63) is 30.1 Å². The zero-order chi connectivity index (χ0) is 15.1. The molecule has 4 heterocycles. The van der Waals surface area contributed by atoms with E-state index in [0.29, 0.717) is 11.7 Å². The Labute approximate surface area is 128 Å². The fourth-order valence-corrected chi connectivity index (χ4v) is 3.08. The van der Waals surface area contributed by atoms with Crippen molar-refractivity contribution >= 4 is 22.4 Å². The number of aromatic amines is 1. The van der Waals surface area contributed by atoms with Gasteiger partial charge < -0.3 is 4.74 Å². The summed E-state index contributed by atoms with van der Waals surface area (Å²) in [7, 11) is 0. The number of H-pyrrole nitrogens is 1. The molecule has 0 saturated heterocycles. The Morgan fingerprint density at radius 3 is 3.00 bits per heavy atom. The van der Waals surface area contributed by atoms with Gasteiger partial charge in [-0.05, 0) is 0 Å². The Bertz CT molecular complexity index is 814. The fraction of sp³-hybridized carbons (Fsp3) is 0.231. The maximum Gasteiger partial charge on any atom is 0.229 e. The molecule has 0 amide bonds. The van der Waals surface area contributed by atoms with E-state index in [1.165, 1.54) is 11.3 Å². The molecule has 9 heteroatoms. The first-order valence-electron chi connectivity index (χ1n) is 6.62. The number of fused-ring (bicyclic) bond motifs is 3. The Balaban J connectivity index is 1.69. The van der Waals surface area contributed by atoms with Crippen molar-refractivity contribution in [2.45, 2.75) is 12.8 Å². The maximum atomic E-state index is 12.8. The predicted molar refractivity (Wildman–Crippen MR) is 78.9 cm³/mol. The molecule has 4 rings (SSSR count). The number of ether oxygens (including phenoxy) is 1. The monoisotopic (exact) mass is 318 g/mol. The van der Waals surface area contributed by atoms with E-state index in [0.717, 1.165) is 34.4 Å². The minimum atomic E-state index is -0.485. The summed E-state index contributed by atoms with van der Waals surface area (Å²) in [6, 6.07) is 0. The second-order valence-corrected chi connectivity index (χ2v) is 5.88. The van der Waals surface area contributed by atoms with Crippen molar-refractivity contribution in [3.63, 3.8) is 0 Å². The van der Waals surface area contributed by atoms with Gasteiger partial charge in [0.05, 0.1) is 30.9 Å². The maximum absolute atomic E-state index is 12.8. The van der Waals surface area contributed by atoms with Gasteiger partial charge in [0.1, 0.15) is 5.69 Å². The standard InChI is InChI=1S/C13H11FN6OS/c1-6-5-21-11-10(8-4-17-20-9(6)8)18-13(22-11)19-12-15-2-7(14)3-16-12/h2-4,6H,5H2,1H3,(H,17,20)(H,15,16,18,19). The number of rotatable bonds is 2. The molecule has 1 aliphatic rings. The molecule has 112 valence electrons. The Kier molecular flexibility index (Phi) is 3.00. The van der Waals surface area contributed by atoms with Gasteiger partial charge >= 0.3 is 0 Å². The van der Waals surface area contributed by atoms with E-state index in [-0.39, 0.29) is 11.9 Å². The molecule has 3 aromatic rings. The van der Waals surface area contributed by atoms with E-state index in [1.54, 1.807) is 6.20 Å². The van der Waals surface area contributed by atoms with Gasteiger partial charge in [-0.1, -0.05) is 18.3 Å². The fourth-order valence-electron chi connectivity index (χ4n) is 2.24. The highest BCUT2D eigenvalue weighted by Crippen LogP contribution is 2.43. The van der Waals surface area contributed by atoms with Crippen molar-refractivity contribution in [2.24, 2.45) is 0 Å². The summed E-state index contributed by atoms with van der Waals surface area (Å²) < 4.78 is 18.6. The van der Waals surface area contributed by atoms with Crippen LogP contribution in [0, 0.1) is 5.82 Å². The lowest BCUT2D eigenvalue weighted by molar-refractivity contribution is 0.306. The van der Waals surface area contributed by atoms with Crippen LogP contribution in [0.5, 0.6) is 5.06 Å². The van der Waals surface area contributed by atoms with Crippen LogP contribution < -0.4 is 10.1 Å². The highest BCUT2D eigenvalue weighted by atomic mass is 32.1. The molecule has 3 aromatic heterocycles. The smallest absolute Gasteiger partial charge is 0.229 e. The second-order valence-electron chi connectivity index (χ2n) is 4.91. The lowest BCUT2D eigenvalue weighted by Crippen LogP contribution is -2.05. The van der Waals surface area contributed by atoms with Crippen LogP contribution in [0.4, 0.5) is 15.5 Å². The Hall–Kier alpha value is -2.55. The first-order chi connectivity index (χ1) is 10.7. The van der Waals surface area contributed by atoms with Crippen molar-refractivity contribution in [3.8, 4) is 16.3 Å². The van der Waals surface area contributed by atoms with Gasteiger partial charge in [-0.25, -0.2) is 19.3 Å². The first-order valence-corrected chi connectivity index (χ1v) is 7.44. The van der Waals surface area contributed by atoms with Crippen LogP contribution in [0.2, 0.25) is 0 Å². The largest absolute Gasteiger partial charge is 0.482 e. The van der Waals surface area contributed by atoms with Gasteiger partial charge in [-0.3, -0.25) is 10.4 Å². The van der Waals surface area contributed by atoms with E-state index < -0.39 is 5.82 Å². The minimum absolute atomic E-state index is 0.218. The van der Waals surface area contributed by atoms with Crippen molar-refractivity contribution in [1.82, 2.24) is 25.1 Å². The highest BCUT2D eigenvalue weighted by molar-refractivity contribution is 7.17. The zero-order valence-corrected chi connectivity index (χ0v) is 12.3. The Morgan fingerprint density at radius 1 is 1.36 bits per heavy atom. The first kappa shape index (κ1) is 13.1. The third-order valence-corrected chi connectivity index (χ3v) is 4.20. The summed E-state index contributed by atoms with van der Waals surface area (Å²) in [4.78, 5) is 12.2. The molecule has 1 unspecified atom stereocenters. The molecule has 0 fully saturated rings. The summed E-state index contributed by atoms with van der Waals surface area (Å²) in [5, 5.41) is 11.3. The molecule has 0 radical (unpaired) electrons. The van der Waals surface area contributed by atoms with E-state index in [4.69, 9.17) is 4.74 Å². The van der Waals surface area contributed by atoms with E-state index in [2.05, 4.69) is 37.4 Å². The summed E-state index contributed by atoms with van der Waals surface area (Å²) in [5.74, 6) is 0.0164. The van der Waals surface area contributed by atoms with E-state index in [9.17, 15) is 4.39 Å². The molecular formula is C13H11FN6OS. The van der Waals surface area contributed by atoms with Crippen LogP contribution in [0.3, 0.4) is 0 Å². The molecule has 2 N–H and O–H groups in total. The lowest BCUT2D eigenvalue weighted by atomic mass is 10.0. The SMILES string of the molecule is CC1COc2sc(Nc3ncc(F)cn3)nc2-c2cn[nH]c21. The summed E-state index contributed by atoms with van der Waals surface area (Å²) in [5.41, 5.74) is 2.68. The van der Waals surface area contributed by atoms with Gasteiger partial charge in [-0.2, -0.15) is 5.10 Å². The average Bonchev–Trinajstić information content (AvgIpc) is 3.11. The highest BCUT2D eigenvalue weighted by Gasteiger charge is 2.26. The molecule has 0 bridgehead atoms. The quantitative estimate of drug-likeness (QED) is 0.755. The summed E-state index contributed by atoms with van der Waals surface area (Å²) in [6.45, 7) is 2.62. The third kappa shape index (κ3) is 2.19. The van der Waals surface area contributed by atoms with Gasteiger partial charge in [-0.15, -0.1) is 0 Å². The molecule has 7 nitrogen and oxygen atoms in total. The number of anilines is 2. The second kappa shape index (κ2) is 5.02. The van der Waals surface area contributed by atoms with Crippen molar-refractivity contribution < 1.29 is 9.13 Å². The number of aromatic nitrogens is 5. The average molecular weight is 318 g/mol. The minimum Gasteiger partial charge on any atom is -0.482 e. The molecule has 1 atom stereocenters. The molecule has 0 aromatic carbocycles. The van der Waals surface area contributed by atoms with Crippen molar-refractivity contribution in [1.29, 1.82) is 0 Å². The normalized spacial score (nSPS) is 16.4. The van der Waals surface area contributed by atoms with Gasteiger partial charge in [0, 0.05) is 11.5 Å². The van der Waals surface area contributed by atoms with Crippen LogP contribution >= 0.6 is 11.3 Å². The van der Waals surface area contributed by atoms with Gasteiger partial charge in [0.25, 0.3) is 0 Å². The molecule has 0 spiro atoms. The number of hydrogen-bond acceptors (Lipinski definition) is 7. The van der Waals surface area contributed by atoms with Crippen LogP contribution in [0.1, 0.15) is 18.5 Å². The third-order valence-electron chi connectivity index (χ3n) is 3.32. The number of nitrogens with one attached hydrogen (secondary N) is 2. The van der Waals surface area contributed by atoms with E-state index in [1.807, 2.05) is 0 Å². The molecule has 0 aliphatic carbocycles. The number of nitrogens with zero attached hydrogens (tertiary/aromatic N) is 4. The van der Waals surface area contributed by atoms with Crippen LogP contribution in [0.25, 0.3) is 11.3 Å². The number of thiazole rings is 1. The van der Waals surface area contributed by atoms with E-state index >= 15 is 0 Å². The van der Waals surface area contributed by atoms with Crippen molar-refractivity contribution in [2.75, 3.05) is 11.9 Å². The number of halogens is 1. The predicted octanol–water partition coefficient (Wildman–Crippen LogP) is 2.70. The Morgan fingerprint density at radius 2 is 2.18 bits per heavy atom. The van der Waals surface area contributed by atoms with Crippen LogP contribution in [-0.4, -0.2) is 31.8 Å². The van der Waals surface area contributed by atoms with Gasteiger partial charge in [0.15, 0.2) is 10.9 Å². The molecular weight excluding hydrogens is 307 g/mol. The van der Waals surface area contributed by atoms with Gasteiger partial charge in [0.2, 0.25) is 11.0 Å². The summed E-state index contributed by atoms with van der Waals surface area (Å²) >= 11 is 1.36. The molecule has 1 aliphatic heterocycles. The van der Waals surface area contributed by atoms with Crippen LogP contribution in [-0.2, 0) is 0 Å². The lowest BCUT2D eigenvalue weighted by Gasteiger charge is -2.07. The zero-order valence-electron chi connectivity index (χ0n) is 11.5.